The van der Waals surface area contributed by atoms with Gasteiger partial charge in [0.15, 0.2) is 5.11 Å². The number of anilines is 2. The van der Waals surface area contributed by atoms with Gasteiger partial charge in [-0.3, -0.25) is 4.98 Å². The van der Waals surface area contributed by atoms with Crippen LogP contribution in [-0.4, -0.2) is 22.7 Å². The van der Waals surface area contributed by atoms with E-state index in [9.17, 15) is 4.39 Å². The van der Waals surface area contributed by atoms with Crippen LogP contribution >= 0.6 is 12.2 Å². The Morgan fingerprint density at radius 3 is 2.52 bits per heavy atom. The third-order valence-electron chi connectivity index (χ3n) is 6.79. The Hall–Kier alpha value is -3.25. The van der Waals surface area contributed by atoms with Crippen LogP contribution in [0.4, 0.5) is 15.8 Å². The SMILES string of the molecule is CC1=CC(C)(C)N(C)c2ccc([C@H]3[C@@H](c4ccccn4)NC(=S)N3c3ccccc3F)cc21. The number of aromatic nitrogens is 1. The number of rotatable bonds is 3. The molecule has 3 aromatic rings. The average molecular weight is 459 g/mol. The fourth-order valence-electron chi connectivity index (χ4n) is 4.96. The molecule has 33 heavy (non-hydrogen) atoms. The van der Waals surface area contributed by atoms with Gasteiger partial charge in [-0.05, 0) is 80.5 Å². The Morgan fingerprint density at radius 1 is 1.03 bits per heavy atom. The number of hydrogen-bond acceptors (Lipinski definition) is 3. The average Bonchev–Trinajstić information content (AvgIpc) is 3.15. The zero-order valence-electron chi connectivity index (χ0n) is 19.2. The number of allylic oxidation sites excluding steroid dienone is 1. The van der Waals surface area contributed by atoms with E-state index < -0.39 is 0 Å². The maximum Gasteiger partial charge on any atom is 0.174 e. The molecule has 1 N–H and O–H groups in total. The summed E-state index contributed by atoms with van der Waals surface area (Å²) >= 11 is 5.73. The van der Waals surface area contributed by atoms with Crippen molar-refractivity contribution in [2.45, 2.75) is 38.4 Å². The van der Waals surface area contributed by atoms with Crippen molar-refractivity contribution in [1.29, 1.82) is 0 Å². The number of para-hydroxylation sites is 1. The summed E-state index contributed by atoms with van der Waals surface area (Å²) in [5, 5.41) is 3.90. The lowest BCUT2D eigenvalue weighted by molar-refractivity contribution is 0.557. The van der Waals surface area contributed by atoms with E-state index in [4.69, 9.17) is 12.2 Å². The number of pyridine rings is 1. The molecular formula is C27H27FN4S. The molecule has 168 valence electrons. The first-order chi connectivity index (χ1) is 15.8. The standard InChI is InChI=1S/C27H27FN4S/c1-17-16-27(2,3)31(4)22-13-12-18(15-19(17)22)25-24(21-10-7-8-14-29-21)30-26(33)32(25)23-11-6-5-9-20(23)28/h5-16,24-25H,1-4H3,(H,30,33)/t24-,25+/m1/s1. The van der Waals surface area contributed by atoms with E-state index in [1.807, 2.05) is 29.2 Å². The third-order valence-corrected chi connectivity index (χ3v) is 7.11. The highest BCUT2D eigenvalue weighted by Crippen LogP contribution is 2.45. The van der Waals surface area contributed by atoms with Crippen LogP contribution in [0, 0.1) is 5.82 Å². The molecule has 2 atom stereocenters. The van der Waals surface area contributed by atoms with Crippen LogP contribution in [0.15, 0.2) is 72.9 Å². The van der Waals surface area contributed by atoms with E-state index in [1.54, 1.807) is 18.3 Å². The van der Waals surface area contributed by atoms with Gasteiger partial charge in [0.25, 0.3) is 0 Å². The molecule has 1 aromatic heterocycles. The Morgan fingerprint density at radius 2 is 1.79 bits per heavy atom. The Kier molecular flexibility index (Phi) is 5.20. The van der Waals surface area contributed by atoms with Crippen molar-refractivity contribution in [2.75, 3.05) is 16.8 Å². The molecule has 0 bridgehead atoms. The minimum Gasteiger partial charge on any atom is -0.366 e. The molecule has 6 heteroatoms. The lowest BCUT2D eigenvalue weighted by atomic mass is 9.86. The quantitative estimate of drug-likeness (QED) is 0.485. The van der Waals surface area contributed by atoms with Gasteiger partial charge in [0.2, 0.25) is 0 Å². The molecule has 2 aromatic carbocycles. The van der Waals surface area contributed by atoms with Gasteiger partial charge >= 0.3 is 0 Å². The van der Waals surface area contributed by atoms with Crippen molar-refractivity contribution in [3.8, 4) is 0 Å². The van der Waals surface area contributed by atoms with Gasteiger partial charge in [0.1, 0.15) is 5.82 Å². The molecule has 5 rings (SSSR count). The lowest BCUT2D eigenvalue weighted by Crippen LogP contribution is -2.42. The molecule has 0 radical (unpaired) electrons. The zero-order valence-corrected chi connectivity index (χ0v) is 20.0. The molecule has 0 amide bonds. The second-order valence-electron chi connectivity index (χ2n) is 9.26. The van der Waals surface area contributed by atoms with Crippen molar-refractivity contribution in [3.05, 3.63) is 95.6 Å². The molecule has 1 saturated heterocycles. The highest BCUT2D eigenvalue weighted by Gasteiger charge is 2.42. The highest BCUT2D eigenvalue weighted by molar-refractivity contribution is 7.80. The largest absolute Gasteiger partial charge is 0.366 e. The number of halogens is 1. The van der Waals surface area contributed by atoms with Gasteiger partial charge in [0.05, 0.1) is 29.0 Å². The molecule has 1 fully saturated rings. The van der Waals surface area contributed by atoms with Crippen LogP contribution in [0.1, 0.15) is 49.7 Å². The molecule has 0 spiro atoms. The lowest BCUT2D eigenvalue weighted by Gasteiger charge is -2.41. The summed E-state index contributed by atoms with van der Waals surface area (Å²) in [7, 11) is 2.12. The van der Waals surface area contributed by atoms with Gasteiger partial charge in [-0.2, -0.15) is 0 Å². The van der Waals surface area contributed by atoms with Crippen LogP contribution in [0.5, 0.6) is 0 Å². The van der Waals surface area contributed by atoms with Crippen LogP contribution in [0.2, 0.25) is 0 Å². The van der Waals surface area contributed by atoms with E-state index in [0.717, 1.165) is 11.3 Å². The number of nitrogens with one attached hydrogen (secondary N) is 1. The van der Waals surface area contributed by atoms with E-state index in [-0.39, 0.29) is 23.4 Å². The van der Waals surface area contributed by atoms with Gasteiger partial charge < -0.3 is 15.1 Å². The van der Waals surface area contributed by atoms with E-state index in [0.29, 0.717) is 10.8 Å². The first-order valence-electron chi connectivity index (χ1n) is 11.1. The van der Waals surface area contributed by atoms with Crippen molar-refractivity contribution in [2.24, 2.45) is 0 Å². The Bertz CT molecular complexity index is 1250. The summed E-state index contributed by atoms with van der Waals surface area (Å²) in [6.45, 7) is 6.58. The maximum atomic E-state index is 14.9. The summed E-state index contributed by atoms with van der Waals surface area (Å²) in [5.41, 5.74) is 5.92. The number of nitrogens with zero attached hydrogens (tertiary/aromatic N) is 3. The summed E-state index contributed by atoms with van der Waals surface area (Å²) in [6.07, 6.45) is 4.07. The Balaban J connectivity index is 1.67. The number of thiocarbonyl (C=S) groups is 1. The van der Waals surface area contributed by atoms with E-state index >= 15 is 0 Å². The maximum absolute atomic E-state index is 14.9. The minimum atomic E-state index is -0.302. The number of benzene rings is 2. The second kappa shape index (κ2) is 7.96. The van der Waals surface area contributed by atoms with Crippen LogP contribution in [-0.2, 0) is 0 Å². The number of fused-ring (bicyclic) bond motifs is 1. The first-order valence-corrected chi connectivity index (χ1v) is 11.5. The molecule has 4 nitrogen and oxygen atoms in total. The Labute approximate surface area is 199 Å². The third kappa shape index (κ3) is 3.59. The smallest absolute Gasteiger partial charge is 0.174 e. The first kappa shape index (κ1) is 21.6. The predicted octanol–water partition coefficient (Wildman–Crippen LogP) is 6.03. The molecule has 0 aliphatic carbocycles. The monoisotopic (exact) mass is 458 g/mol. The summed E-state index contributed by atoms with van der Waals surface area (Å²) < 4.78 is 14.9. The van der Waals surface area contributed by atoms with E-state index in [1.165, 1.54) is 22.9 Å². The van der Waals surface area contributed by atoms with Crippen molar-refractivity contribution in [3.63, 3.8) is 0 Å². The summed E-state index contributed by atoms with van der Waals surface area (Å²) in [6, 6.07) is 18.7. The molecule has 0 unspecified atom stereocenters. The van der Waals surface area contributed by atoms with Gasteiger partial charge in [-0.15, -0.1) is 0 Å². The minimum absolute atomic E-state index is 0.0647. The fourth-order valence-corrected chi connectivity index (χ4v) is 5.30. The fraction of sp³-hybridized carbons (Fsp3) is 0.259. The topological polar surface area (TPSA) is 31.4 Å². The number of hydrogen-bond donors (Lipinski definition) is 1. The van der Waals surface area contributed by atoms with Crippen LogP contribution in [0.3, 0.4) is 0 Å². The second-order valence-corrected chi connectivity index (χ2v) is 9.65. The van der Waals surface area contributed by atoms with Crippen LogP contribution < -0.4 is 15.1 Å². The van der Waals surface area contributed by atoms with Gasteiger partial charge in [0, 0.05) is 24.5 Å². The molecule has 2 aliphatic heterocycles. The van der Waals surface area contributed by atoms with Crippen LogP contribution in [0.25, 0.3) is 5.57 Å². The van der Waals surface area contributed by atoms with Crippen molar-refractivity contribution in [1.82, 2.24) is 10.3 Å². The van der Waals surface area contributed by atoms with Gasteiger partial charge in [-0.1, -0.05) is 30.3 Å². The van der Waals surface area contributed by atoms with Crippen molar-refractivity contribution < 1.29 is 4.39 Å². The molecule has 0 saturated carbocycles. The predicted molar refractivity (Wildman–Crippen MR) is 137 cm³/mol. The molecule has 2 aliphatic rings. The normalized spacial score (nSPS) is 21.5. The van der Waals surface area contributed by atoms with Gasteiger partial charge in [-0.25, -0.2) is 4.39 Å². The van der Waals surface area contributed by atoms with E-state index in [2.05, 4.69) is 67.3 Å². The summed E-state index contributed by atoms with van der Waals surface area (Å²) in [5.74, 6) is -0.302. The highest BCUT2D eigenvalue weighted by atomic mass is 32.1. The number of likely N-dealkylation sites (N-methyl/N-ethyl adjacent to an activating group) is 1. The molecular weight excluding hydrogens is 431 g/mol. The zero-order chi connectivity index (χ0) is 23.3. The summed E-state index contributed by atoms with van der Waals surface area (Å²) in [4.78, 5) is 8.78. The molecule has 3 heterocycles. The van der Waals surface area contributed by atoms with Crippen molar-refractivity contribution >= 4 is 34.3 Å².